The van der Waals surface area contributed by atoms with E-state index in [0.717, 1.165) is 13.1 Å². The first-order valence-electron chi connectivity index (χ1n) is 6.64. The van der Waals surface area contributed by atoms with Gasteiger partial charge in [-0.3, -0.25) is 9.58 Å². The van der Waals surface area contributed by atoms with Gasteiger partial charge < -0.3 is 4.90 Å². The zero-order valence-electron chi connectivity index (χ0n) is 11.7. The highest BCUT2D eigenvalue weighted by Crippen LogP contribution is 2.00. The van der Waals surface area contributed by atoms with Crippen molar-refractivity contribution in [1.29, 1.82) is 0 Å². The lowest BCUT2D eigenvalue weighted by Gasteiger charge is -2.32. The molecule has 1 aromatic heterocycles. The molecule has 0 amide bonds. The smallest absolute Gasteiger partial charge is 0.0536 e. The second-order valence-corrected chi connectivity index (χ2v) is 4.43. The van der Waals surface area contributed by atoms with Gasteiger partial charge in [-0.1, -0.05) is 13.8 Å². The van der Waals surface area contributed by atoms with Crippen molar-refractivity contribution in [3.8, 4) is 0 Å². The highest BCUT2D eigenvalue weighted by molar-refractivity contribution is 4.99. The molecule has 0 bridgehead atoms. The van der Waals surface area contributed by atoms with Crippen LogP contribution in [0.2, 0.25) is 0 Å². The maximum absolute atomic E-state index is 4.29. The van der Waals surface area contributed by atoms with Crippen molar-refractivity contribution in [3.05, 3.63) is 18.0 Å². The Morgan fingerprint density at radius 3 is 2.29 bits per heavy atom. The molecule has 4 heteroatoms. The monoisotopic (exact) mass is 238 g/mol. The summed E-state index contributed by atoms with van der Waals surface area (Å²) in [4.78, 5) is 4.89. The maximum Gasteiger partial charge on any atom is 0.0536 e. The van der Waals surface area contributed by atoms with Crippen LogP contribution in [0.5, 0.6) is 0 Å². The Balaban J connectivity index is 0.000000686. The summed E-state index contributed by atoms with van der Waals surface area (Å²) < 4.78 is 2.04. The van der Waals surface area contributed by atoms with Crippen molar-refractivity contribution in [3.63, 3.8) is 0 Å². The van der Waals surface area contributed by atoms with Crippen molar-refractivity contribution in [1.82, 2.24) is 19.6 Å². The van der Waals surface area contributed by atoms with Gasteiger partial charge in [0.05, 0.1) is 12.7 Å². The first-order valence-corrected chi connectivity index (χ1v) is 6.64. The van der Waals surface area contributed by atoms with Crippen LogP contribution < -0.4 is 0 Å². The zero-order valence-corrected chi connectivity index (χ0v) is 11.7. The van der Waals surface area contributed by atoms with Gasteiger partial charge in [-0.05, 0) is 19.5 Å². The van der Waals surface area contributed by atoms with Crippen LogP contribution in [-0.4, -0.2) is 59.4 Å². The number of hydrogen-bond donors (Lipinski definition) is 0. The minimum atomic E-state index is 1.01. The van der Waals surface area contributed by atoms with Gasteiger partial charge in [-0.25, -0.2) is 0 Å². The van der Waals surface area contributed by atoms with Gasteiger partial charge in [-0.15, -0.1) is 0 Å². The molecule has 98 valence electrons. The quantitative estimate of drug-likeness (QED) is 0.797. The molecule has 0 saturated carbocycles. The van der Waals surface area contributed by atoms with Gasteiger partial charge >= 0.3 is 0 Å². The maximum atomic E-state index is 4.29. The molecule has 2 rings (SSSR count). The Kier molecular flexibility index (Phi) is 6.22. The average molecular weight is 238 g/mol. The van der Waals surface area contributed by atoms with Crippen molar-refractivity contribution >= 4 is 0 Å². The van der Waals surface area contributed by atoms with Crippen LogP contribution in [-0.2, 0) is 6.54 Å². The van der Waals surface area contributed by atoms with Crippen LogP contribution in [0.25, 0.3) is 0 Å². The first-order chi connectivity index (χ1) is 8.24. The van der Waals surface area contributed by atoms with E-state index < -0.39 is 0 Å². The molecule has 0 aromatic carbocycles. The summed E-state index contributed by atoms with van der Waals surface area (Å²) in [6.07, 6.45) is 4.03. The number of aryl methyl sites for hydroxylation is 1. The molecule has 0 unspecified atom stereocenters. The lowest BCUT2D eigenvalue weighted by atomic mass is 10.3. The second kappa shape index (κ2) is 7.45. The Morgan fingerprint density at radius 2 is 1.76 bits per heavy atom. The van der Waals surface area contributed by atoms with E-state index >= 15 is 0 Å². The zero-order chi connectivity index (χ0) is 12.7. The van der Waals surface area contributed by atoms with Gasteiger partial charge in [0, 0.05) is 38.9 Å². The number of aromatic nitrogens is 2. The molecule has 1 saturated heterocycles. The summed E-state index contributed by atoms with van der Waals surface area (Å²) in [6, 6.07) is 0. The SMILES string of the molecule is CC.Cc1cnn(CCN2CCN(C)CC2)c1. The Hall–Kier alpha value is -0.870. The number of likely N-dealkylation sites (N-methyl/N-ethyl adjacent to an activating group) is 1. The molecule has 1 aliphatic heterocycles. The fourth-order valence-corrected chi connectivity index (χ4v) is 1.90. The highest BCUT2D eigenvalue weighted by Gasteiger charge is 2.12. The summed E-state index contributed by atoms with van der Waals surface area (Å²) in [5, 5.41) is 4.29. The van der Waals surface area contributed by atoms with Crippen molar-refractivity contribution in [2.75, 3.05) is 39.8 Å². The number of hydrogen-bond acceptors (Lipinski definition) is 3. The molecule has 0 aliphatic carbocycles. The summed E-state index contributed by atoms with van der Waals surface area (Å²) in [5.74, 6) is 0. The molecular formula is C13H26N4. The van der Waals surface area contributed by atoms with E-state index in [1.54, 1.807) is 0 Å². The predicted octanol–water partition coefficient (Wildman–Crippen LogP) is 1.47. The molecule has 1 fully saturated rings. The number of rotatable bonds is 3. The summed E-state index contributed by atoms with van der Waals surface area (Å²) >= 11 is 0. The summed E-state index contributed by atoms with van der Waals surface area (Å²) in [7, 11) is 2.19. The van der Waals surface area contributed by atoms with E-state index in [1.807, 2.05) is 24.7 Å². The van der Waals surface area contributed by atoms with Crippen LogP contribution in [0.1, 0.15) is 19.4 Å². The molecule has 0 spiro atoms. The third-order valence-electron chi connectivity index (χ3n) is 3.00. The van der Waals surface area contributed by atoms with Gasteiger partial charge in [0.2, 0.25) is 0 Å². The Labute approximate surface area is 105 Å². The molecule has 1 aromatic rings. The minimum absolute atomic E-state index is 1.01. The van der Waals surface area contributed by atoms with E-state index in [4.69, 9.17) is 0 Å². The number of nitrogens with zero attached hydrogens (tertiary/aromatic N) is 4. The van der Waals surface area contributed by atoms with Gasteiger partial charge in [0.15, 0.2) is 0 Å². The van der Waals surface area contributed by atoms with Crippen LogP contribution in [0.4, 0.5) is 0 Å². The van der Waals surface area contributed by atoms with Crippen molar-refractivity contribution in [2.45, 2.75) is 27.3 Å². The summed E-state index contributed by atoms with van der Waals surface area (Å²) in [5.41, 5.74) is 1.24. The Morgan fingerprint density at radius 1 is 1.12 bits per heavy atom. The normalized spacial score (nSPS) is 17.6. The molecular weight excluding hydrogens is 212 g/mol. The van der Waals surface area contributed by atoms with E-state index in [1.165, 1.54) is 31.7 Å². The highest BCUT2D eigenvalue weighted by atomic mass is 15.3. The first kappa shape index (κ1) is 14.2. The molecule has 0 atom stereocenters. The van der Waals surface area contributed by atoms with Crippen LogP contribution in [0.3, 0.4) is 0 Å². The van der Waals surface area contributed by atoms with E-state index in [9.17, 15) is 0 Å². The third-order valence-corrected chi connectivity index (χ3v) is 3.00. The van der Waals surface area contributed by atoms with Crippen LogP contribution in [0.15, 0.2) is 12.4 Å². The lowest BCUT2D eigenvalue weighted by Crippen LogP contribution is -2.45. The van der Waals surface area contributed by atoms with Gasteiger partial charge in [0.25, 0.3) is 0 Å². The van der Waals surface area contributed by atoms with Crippen LogP contribution >= 0.6 is 0 Å². The van der Waals surface area contributed by atoms with E-state index in [0.29, 0.717) is 0 Å². The van der Waals surface area contributed by atoms with E-state index in [-0.39, 0.29) is 0 Å². The molecule has 0 radical (unpaired) electrons. The lowest BCUT2D eigenvalue weighted by molar-refractivity contribution is 0.149. The molecule has 17 heavy (non-hydrogen) atoms. The molecule has 4 nitrogen and oxygen atoms in total. The van der Waals surface area contributed by atoms with Crippen LogP contribution in [0, 0.1) is 6.92 Å². The van der Waals surface area contributed by atoms with Crippen molar-refractivity contribution < 1.29 is 0 Å². The average Bonchev–Trinajstić information content (AvgIpc) is 2.77. The largest absolute Gasteiger partial charge is 0.304 e. The fraction of sp³-hybridized carbons (Fsp3) is 0.769. The minimum Gasteiger partial charge on any atom is -0.304 e. The second-order valence-electron chi connectivity index (χ2n) is 4.43. The topological polar surface area (TPSA) is 24.3 Å². The standard InChI is InChI=1S/C11H20N4.C2H6/c1-11-9-12-15(10-11)8-7-14-5-3-13(2)4-6-14;1-2/h9-10H,3-8H2,1-2H3;1-2H3. The van der Waals surface area contributed by atoms with Gasteiger partial charge in [0.1, 0.15) is 0 Å². The Bertz CT molecular complexity index is 300. The fourth-order valence-electron chi connectivity index (χ4n) is 1.90. The van der Waals surface area contributed by atoms with E-state index in [2.05, 4.69) is 35.1 Å². The predicted molar refractivity (Wildman–Crippen MR) is 72.2 cm³/mol. The van der Waals surface area contributed by atoms with Crippen molar-refractivity contribution in [2.24, 2.45) is 0 Å². The number of piperazine rings is 1. The molecule has 2 heterocycles. The molecule has 0 N–H and O–H groups in total. The summed E-state index contributed by atoms with van der Waals surface area (Å²) in [6.45, 7) is 13.0. The van der Waals surface area contributed by atoms with Gasteiger partial charge in [-0.2, -0.15) is 5.10 Å². The third kappa shape index (κ3) is 4.88. The molecule has 1 aliphatic rings.